The van der Waals surface area contributed by atoms with Crippen molar-refractivity contribution in [3.63, 3.8) is 0 Å². The van der Waals surface area contributed by atoms with Crippen LogP contribution in [0.15, 0.2) is 77.4 Å². The molecule has 0 aliphatic carbocycles. The lowest BCUT2D eigenvalue weighted by Gasteiger charge is -2.37. The van der Waals surface area contributed by atoms with E-state index in [1.807, 2.05) is 66.7 Å². The van der Waals surface area contributed by atoms with Gasteiger partial charge in [-0.2, -0.15) is 0 Å². The van der Waals surface area contributed by atoms with Crippen molar-refractivity contribution in [2.45, 2.75) is 6.17 Å². The number of hydrazine groups is 1. The van der Waals surface area contributed by atoms with Gasteiger partial charge < -0.3 is 9.73 Å². The van der Waals surface area contributed by atoms with Gasteiger partial charge in [0.1, 0.15) is 5.76 Å². The summed E-state index contributed by atoms with van der Waals surface area (Å²) >= 11 is 0. The van der Waals surface area contributed by atoms with Crippen molar-refractivity contribution in [1.29, 1.82) is 0 Å². The van der Waals surface area contributed by atoms with Crippen LogP contribution in [0.4, 0.5) is 11.4 Å². The molecule has 0 fully saturated rings. The van der Waals surface area contributed by atoms with Gasteiger partial charge in [0, 0.05) is 5.69 Å². The molecule has 1 aromatic heterocycles. The summed E-state index contributed by atoms with van der Waals surface area (Å²) < 4.78 is 5.51. The second-order valence-corrected chi connectivity index (χ2v) is 5.26. The van der Waals surface area contributed by atoms with Crippen LogP contribution in [0.3, 0.4) is 0 Å². The predicted molar refractivity (Wildman–Crippen MR) is 87.7 cm³/mol. The van der Waals surface area contributed by atoms with E-state index in [-0.39, 0.29) is 5.91 Å². The largest absolute Gasteiger partial charge is 0.465 e. The molecular formula is C18H15N3O2. The molecule has 1 aliphatic rings. The van der Waals surface area contributed by atoms with Gasteiger partial charge in [-0.25, -0.2) is 5.01 Å². The average Bonchev–Trinajstić information content (AvgIpc) is 3.13. The molecule has 1 aliphatic heterocycles. The van der Waals surface area contributed by atoms with Crippen molar-refractivity contribution in [2.24, 2.45) is 0 Å². The second-order valence-electron chi connectivity index (χ2n) is 5.26. The number of anilines is 2. The lowest BCUT2D eigenvalue weighted by atomic mass is 10.1. The fourth-order valence-corrected chi connectivity index (χ4v) is 2.67. The molecule has 1 unspecified atom stereocenters. The molecule has 5 heteroatoms. The summed E-state index contributed by atoms with van der Waals surface area (Å²) in [6, 6.07) is 20.7. The van der Waals surface area contributed by atoms with Crippen molar-refractivity contribution in [3.8, 4) is 0 Å². The minimum atomic E-state index is -0.424. The Labute approximate surface area is 133 Å². The van der Waals surface area contributed by atoms with E-state index in [2.05, 4.69) is 10.7 Å². The monoisotopic (exact) mass is 305 g/mol. The van der Waals surface area contributed by atoms with Crippen LogP contribution in [-0.2, 0) is 0 Å². The first-order chi connectivity index (χ1) is 11.3. The van der Waals surface area contributed by atoms with Gasteiger partial charge in [-0.05, 0) is 36.4 Å². The number of carbonyl (C=O) groups excluding carboxylic acids is 1. The molecule has 2 heterocycles. The Kier molecular flexibility index (Phi) is 3.24. The maximum absolute atomic E-state index is 12.9. The third-order valence-corrected chi connectivity index (χ3v) is 3.76. The summed E-state index contributed by atoms with van der Waals surface area (Å²) in [7, 11) is 0. The van der Waals surface area contributed by atoms with Crippen LogP contribution in [0.2, 0.25) is 0 Å². The van der Waals surface area contributed by atoms with E-state index in [0.717, 1.165) is 11.4 Å². The number of furan rings is 1. The van der Waals surface area contributed by atoms with Crippen LogP contribution < -0.4 is 10.7 Å². The molecule has 0 saturated heterocycles. The molecule has 23 heavy (non-hydrogen) atoms. The van der Waals surface area contributed by atoms with E-state index in [1.54, 1.807) is 11.3 Å². The molecule has 1 amide bonds. The van der Waals surface area contributed by atoms with Crippen LogP contribution in [0.1, 0.15) is 22.3 Å². The van der Waals surface area contributed by atoms with Crippen LogP contribution >= 0.6 is 0 Å². The number of hydrogen-bond donors (Lipinski definition) is 2. The summed E-state index contributed by atoms with van der Waals surface area (Å²) in [5.41, 5.74) is 5.42. The molecule has 3 aromatic rings. The van der Waals surface area contributed by atoms with E-state index in [0.29, 0.717) is 11.3 Å². The highest BCUT2D eigenvalue weighted by atomic mass is 16.3. The van der Waals surface area contributed by atoms with E-state index in [4.69, 9.17) is 4.42 Å². The molecule has 2 N–H and O–H groups in total. The maximum Gasteiger partial charge on any atom is 0.276 e. The zero-order valence-electron chi connectivity index (χ0n) is 12.3. The third-order valence-electron chi connectivity index (χ3n) is 3.76. The second kappa shape index (κ2) is 5.53. The quantitative estimate of drug-likeness (QED) is 0.771. The van der Waals surface area contributed by atoms with E-state index in [1.165, 1.54) is 0 Å². The molecule has 1 atom stereocenters. The average molecular weight is 305 g/mol. The molecule has 114 valence electrons. The van der Waals surface area contributed by atoms with Gasteiger partial charge in [0.25, 0.3) is 5.91 Å². The summed E-state index contributed by atoms with van der Waals surface area (Å²) in [6.07, 6.45) is 1.18. The standard InChI is InChI=1S/C18H15N3O2/c22-18-14-9-4-5-10-15(14)19-17(16-11-6-12-23-16)21(18)20-13-7-2-1-3-8-13/h1-12,17,19-20H. The Morgan fingerprint density at radius 1 is 0.957 bits per heavy atom. The van der Waals surface area contributed by atoms with Crippen LogP contribution in [0.5, 0.6) is 0 Å². The van der Waals surface area contributed by atoms with E-state index < -0.39 is 6.17 Å². The molecule has 4 rings (SSSR count). The lowest BCUT2D eigenvalue weighted by molar-refractivity contribution is 0.0716. The van der Waals surface area contributed by atoms with Gasteiger partial charge in [-0.3, -0.25) is 10.2 Å². The molecule has 2 aromatic carbocycles. The topological polar surface area (TPSA) is 57.5 Å². The van der Waals surface area contributed by atoms with Crippen LogP contribution in [0.25, 0.3) is 0 Å². The molecular weight excluding hydrogens is 290 g/mol. The SMILES string of the molecule is O=C1c2ccccc2NC(c2ccco2)N1Nc1ccccc1. The fraction of sp³-hybridized carbons (Fsp3) is 0.0556. The highest BCUT2D eigenvalue weighted by Gasteiger charge is 2.34. The van der Waals surface area contributed by atoms with Crippen LogP contribution in [0, 0.1) is 0 Å². The Balaban J connectivity index is 1.75. The normalized spacial score (nSPS) is 16.6. The summed E-state index contributed by atoms with van der Waals surface area (Å²) in [5, 5.41) is 4.90. The highest BCUT2D eigenvalue weighted by Crippen LogP contribution is 2.33. The Morgan fingerprint density at radius 3 is 2.52 bits per heavy atom. The first kappa shape index (κ1) is 13.5. The van der Waals surface area contributed by atoms with Gasteiger partial charge >= 0.3 is 0 Å². The Hall–Kier alpha value is -3.21. The Morgan fingerprint density at radius 2 is 1.74 bits per heavy atom. The number of para-hydroxylation sites is 2. The van der Waals surface area contributed by atoms with Crippen LogP contribution in [-0.4, -0.2) is 10.9 Å². The van der Waals surface area contributed by atoms with E-state index in [9.17, 15) is 4.79 Å². The molecule has 0 saturated carbocycles. The lowest BCUT2D eigenvalue weighted by Crippen LogP contribution is -2.46. The van der Waals surface area contributed by atoms with Crippen molar-refractivity contribution in [2.75, 3.05) is 10.7 Å². The highest BCUT2D eigenvalue weighted by molar-refractivity contribution is 6.02. The van der Waals surface area contributed by atoms with Gasteiger partial charge in [-0.1, -0.05) is 30.3 Å². The van der Waals surface area contributed by atoms with Crippen molar-refractivity contribution in [1.82, 2.24) is 5.01 Å². The minimum absolute atomic E-state index is 0.107. The number of amides is 1. The van der Waals surface area contributed by atoms with Crippen molar-refractivity contribution in [3.05, 3.63) is 84.3 Å². The predicted octanol–water partition coefficient (Wildman–Crippen LogP) is 3.87. The zero-order chi connectivity index (χ0) is 15.6. The maximum atomic E-state index is 12.9. The number of hydrogen-bond acceptors (Lipinski definition) is 4. The van der Waals surface area contributed by atoms with Crippen molar-refractivity contribution >= 4 is 17.3 Å². The number of carbonyl (C=O) groups is 1. The first-order valence-electron chi connectivity index (χ1n) is 7.37. The van der Waals surface area contributed by atoms with Gasteiger partial charge in [0.2, 0.25) is 0 Å². The summed E-state index contributed by atoms with van der Waals surface area (Å²) in [6.45, 7) is 0. The van der Waals surface area contributed by atoms with E-state index >= 15 is 0 Å². The van der Waals surface area contributed by atoms with Crippen molar-refractivity contribution < 1.29 is 9.21 Å². The smallest absolute Gasteiger partial charge is 0.276 e. The molecule has 0 spiro atoms. The number of benzene rings is 2. The first-order valence-corrected chi connectivity index (χ1v) is 7.37. The zero-order valence-corrected chi connectivity index (χ0v) is 12.3. The number of nitrogens with one attached hydrogen (secondary N) is 2. The fourth-order valence-electron chi connectivity index (χ4n) is 2.67. The summed E-state index contributed by atoms with van der Waals surface area (Å²) in [5.74, 6) is 0.556. The molecule has 5 nitrogen and oxygen atoms in total. The number of rotatable bonds is 3. The Bertz CT molecular complexity index is 815. The van der Waals surface area contributed by atoms with Gasteiger partial charge in [0.05, 0.1) is 17.5 Å². The van der Waals surface area contributed by atoms with Gasteiger partial charge in [-0.15, -0.1) is 0 Å². The molecule has 0 radical (unpaired) electrons. The number of fused-ring (bicyclic) bond motifs is 1. The third kappa shape index (κ3) is 2.42. The van der Waals surface area contributed by atoms with Gasteiger partial charge in [0.15, 0.2) is 6.17 Å². The molecule has 0 bridgehead atoms. The number of nitrogens with zero attached hydrogens (tertiary/aromatic N) is 1. The minimum Gasteiger partial charge on any atom is -0.465 e. The summed E-state index contributed by atoms with van der Waals surface area (Å²) in [4.78, 5) is 12.9.